The van der Waals surface area contributed by atoms with Crippen LogP contribution in [0.2, 0.25) is 0 Å². The fourth-order valence-electron chi connectivity index (χ4n) is 3.74. The first-order chi connectivity index (χ1) is 13.0. The maximum atomic E-state index is 9.97. The summed E-state index contributed by atoms with van der Waals surface area (Å²) in [5, 5.41) is 17.5. The van der Waals surface area contributed by atoms with Crippen molar-refractivity contribution in [2.45, 2.75) is 33.6 Å². The fourth-order valence-corrected chi connectivity index (χ4v) is 4.67. The summed E-state index contributed by atoms with van der Waals surface area (Å²) in [6.45, 7) is 8.07. The van der Waals surface area contributed by atoms with Gasteiger partial charge in [-0.05, 0) is 51.0 Å². The molecule has 1 unspecified atom stereocenters. The molecule has 1 aliphatic heterocycles. The van der Waals surface area contributed by atoms with E-state index in [9.17, 15) is 5.26 Å². The molecule has 3 aromatic rings. The van der Waals surface area contributed by atoms with E-state index in [4.69, 9.17) is 4.98 Å². The largest absolute Gasteiger partial charge is 0.362 e. The van der Waals surface area contributed by atoms with E-state index in [0.717, 1.165) is 55.3 Å². The normalized spacial score (nSPS) is 17.2. The molecule has 0 saturated heterocycles. The van der Waals surface area contributed by atoms with Gasteiger partial charge < -0.3 is 5.32 Å². The highest BCUT2D eigenvalue weighted by atomic mass is 32.1. The summed E-state index contributed by atoms with van der Waals surface area (Å²) in [6, 6.07) is 10.8. The number of nitriles is 1. The van der Waals surface area contributed by atoms with Gasteiger partial charge in [0.25, 0.3) is 0 Å². The van der Waals surface area contributed by atoms with Crippen LogP contribution in [0.1, 0.15) is 41.6 Å². The molecule has 0 amide bonds. The number of hydrogen-bond donors (Lipinski definition) is 1. The van der Waals surface area contributed by atoms with E-state index in [1.165, 1.54) is 0 Å². The number of aryl methyl sites for hydroxylation is 2. The molecule has 3 heterocycles. The number of aromatic nitrogens is 2. The van der Waals surface area contributed by atoms with E-state index < -0.39 is 0 Å². The lowest BCUT2D eigenvalue weighted by Gasteiger charge is -2.29. The Morgan fingerprint density at radius 1 is 1.15 bits per heavy atom. The lowest BCUT2D eigenvalue weighted by molar-refractivity contribution is 0.859. The predicted molar refractivity (Wildman–Crippen MR) is 110 cm³/mol. The molecule has 1 N–H and O–H groups in total. The minimum absolute atomic E-state index is 0.158. The number of fused-ring (bicyclic) bond motifs is 1. The fraction of sp³-hybridized carbons (Fsp3) is 0.227. The summed E-state index contributed by atoms with van der Waals surface area (Å²) >= 11 is 1.62. The summed E-state index contributed by atoms with van der Waals surface area (Å²) in [6.07, 6.45) is 1.88. The number of hydrogen-bond acceptors (Lipinski definition) is 5. The van der Waals surface area contributed by atoms with Gasteiger partial charge in [0.1, 0.15) is 5.01 Å². The van der Waals surface area contributed by atoms with Crippen molar-refractivity contribution in [2.75, 3.05) is 0 Å². The van der Waals surface area contributed by atoms with Crippen LogP contribution in [0.5, 0.6) is 0 Å². The SMILES string of the molecule is CC1=C(C#N)C(c2cccc3ncc(C)cc23)C(c2nc(C)cs2)=C(C)N1. The molecule has 0 aliphatic carbocycles. The molecule has 0 saturated carbocycles. The average Bonchev–Trinajstić information content (AvgIpc) is 3.06. The molecule has 1 aliphatic rings. The van der Waals surface area contributed by atoms with Gasteiger partial charge in [0.2, 0.25) is 0 Å². The van der Waals surface area contributed by atoms with E-state index in [2.05, 4.69) is 40.8 Å². The lowest BCUT2D eigenvalue weighted by atomic mass is 9.79. The maximum Gasteiger partial charge on any atom is 0.122 e. The zero-order valence-corrected chi connectivity index (χ0v) is 16.6. The minimum atomic E-state index is -0.158. The van der Waals surface area contributed by atoms with Gasteiger partial charge in [-0.15, -0.1) is 11.3 Å². The molecule has 2 aromatic heterocycles. The van der Waals surface area contributed by atoms with Crippen LogP contribution in [-0.2, 0) is 0 Å². The molecular weight excluding hydrogens is 352 g/mol. The lowest BCUT2D eigenvalue weighted by Crippen LogP contribution is -2.23. The number of rotatable bonds is 2. The first kappa shape index (κ1) is 17.4. The van der Waals surface area contributed by atoms with Crippen molar-refractivity contribution >= 4 is 27.8 Å². The standard InChI is InChI=1S/C22H20N4S/c1-12-8-17-16(6-5-7-19(17)24-10-12)21-18(9-23)14(3)26-15(4)20(21)22-25-13(2)11-27-22/h5-8,10-11,21,26H,1-4H3. The summed E-state index contributed by atoms with van der Waals surface area (Å²) in [5.74, 6) is -0.158. The van der Waals surface area contributed by atoms with Gasteiger partial charge in [-0.2, -0.15) is 5.26 Å². The van der Waals surface area contributed by atoms with Crippen molar-refractivity contribution in [3.63, 3.8) is 0 Å². The van der Waals surface area contributed by atoms with Gasteiger partial charge >= 0.3 is 0 Å². The van der Waals surface area contributed by atoms with Crippen molar-refractivity contribution in [1.82, 2.24) is 15.3 Å². The van der Waals surface area contributed by atoms with Gasteiger partial charge in [-0.1, -0.05) is 12.1 Å². The molecule has 4 rings (SSSR count). The van der Waals surface area contributed by atoms with E-state index in [0.29, 0.717) is 0 Å². The molecular formula is C22H20N4S. The number of dihydropyridines is 1. The van der Waals surface area contributed by atoms with Crippen molar-refractivity contribution in [2.24, 2.45) is 0 Å². The smallest absolute Gasteiger partial charge is 0.122 e. The molecule has 5 heteroatoms. The van der Waals surface area contributed by atoms with E-state index in [1.54, 1.807) is 11.3 Å². The molecule has 27 heavy (non-hydrogen) atoms. The van der Waals surface area contributed by atoms with Crippen LogP contribution < -0.4 is 5.32 Å². The van der Waals surface area contributed by atoms with Crippen molar-refractivity contribution in [3.8, 4) is 6.07 Å². The third kappa shape index (κ3) is 2.92. The van der Waals surface area contributed by atoms with Crippen LogP contribution in [0.25, 0.3) is 16.5 Å². The molecule has 1 aromatic carbocycles. The summed E-state index contributed by atoms with van der Waals surface area (Å²) < 4.78 is 0. The second kappa shape index (κ2) is 6.64. The molecule has 4 nitrogen and oxygen atoms in total. The first-order valence-corrected chi connectivity index (χ1v) is 9.74. The topological polar surface area (TPSA) is 61.6 Å². The predicted octanol–water partition coefficient (Wildman–Crippen LogP) is 5.22. The second-order valence-electron chi connectivity index (χ2n) is 6.97. The molecule has 0 bridgehead atoms. The molecule has 0 radical (unpaired) electrons. The van der Waals surface area contributed by atoms with Crippen LogP contribution in [0, 0.1) is 25.2 Å². The number of benzene rings is 1. The maximum absolute atomic E-state index is 9.97. The highest BCUT2D eigenvalue weighted by molar-refractivity contribution is 7.10. The third-order valence-electron chi connectivity index (χ3n) is 4.94. The Bertz CT molecular complexity index is 1160. The van der Waals surface area contributed by atoms with Crippen LogP contribution >= 0.6 is 11.3 Å². The Labute approximate surface area is 162 Å². The number of allylic oxidation sites excluding steroid dienone is 4. The minimum Gasteiger partial charge on any atom is -0.362 e. The van der Waals surface area contributed by atoms with Crippen molar-refractivity contribution < 1.29 is 0 Å². The Balaban J connectivity index is 2.03. The highest BCUT2D eigenvalue weighted by Crippen LogP contribution is 2.45. The number of thiazole rings is 1. The van der Waals surface area contributed by atoms with E-state index >= 15 is 0 Å². The van der Waals surface area contributed by atoms with Crippen LogP contribution in [0.4, 0.5) is 0 Å². The molecule has 0 spiro atoms. The zero-order chi connectivity index (χ0) is 19.1. The number of pyridine rings is 1. The second-order valence-corrected chi connectivity index (χ2v) is 7.83. The van der Waals surface area contributed by atoms with Gasteiger partial charge in [0.05, 0.1) is 23.1 Å². The van der Waals surface area contributed by atoms with Gasteiger partial charge in [-0.3, -0.25) is 4.98 Å². The summed E-state index contributed by atoms with van der Waals surface area (Å²) in [4.78, 5) is 9.31. The Kier molecular flexibility index (Phi) is 4.29. The van der Waals surface area contributed by atoms with Gasteiger partial charge in [-0.25, -0.2) is 4.98 Å². The average molecular weight is 372 g/mol. The van der Waals surface area contributed by atoms with Gasteiger partial charge in [0.15, 0.2) is 0 Å². The summed E-state index contributed by atoms with van der Waals surface area (Å²) in [5.41, 5.74) is 7.90. The monoisotopic (exact) mass is 372 g/mol. The Hall–Kier alpha value is -2.97. The van der Waals surface area contributed by atoms with Crippen LogP contribution in [0.3, 0.4) is 0 Å². The van der Waals surface area contributed by atoms with Crippen molar-refractivity contribution in [1.29, 1.82) is 5.26 Å². The molecule has 1 atom stereocenters. The Morgan fingerprint density at radius 2 is 1.96 bits per heavy atom. The van der Waals surface area contributed by atoms with Gasteiger partial charge in [0, 0.05) is 39.6 Å². The molecule has 134 valence electrons. The van der Waals surface area contributed by atoms with E-state index in [1.807, 2.05) is 39.1 Å². The number of nitrogens with one attached hydrogen (secondary N) is 1. The quantitative estimate of drug-likeness (QED) is 0.669. The van der Waals surface area contributed by atoms with Crippen LogP contribution in [-0.4, -0.2) is 9.97 Å². The summed E-state index contributed by atoms with van der Waals surface area (Å²) in [7, 11) is 0. The highest BCUT2D eigenvalue weighted by Gasteiger charge is 2.32. The Morgan fingerprint density at radius 3 is 2.67 bits per heavy atom. The number of nitrogens with zero attached hydrogens (tertiary/aromatic N) is 3. The van der Waals surface area contributed by atoms with Crippen LogP contribution in [0.15, 0.2) is 52.8 Å². The van der Waals surface area contributed by atoms with Crippen molar-refractivity contribution in [3.05, 3.63) is 74.6 Å². The first-order valence-electron chi connectivity index (χ1n) is 8.86. The molecule has 0 fully saturated rings. The van der Waals surface area contributed by atoms with E-state index in [-0.39, 0.29) is 5.92 Å². The third-order valence-corrected chi connectivity index (χ3v) is 5.93. The zero-order valence-electron chi connectivity index (χ0n) is 15.8.